The van der Waals surface area contributed by atoms with Crippen LogP contribution >= 0.6 is 11.6 Å². The number of benzene rings is 1. The van der Waals surface area contributed by atoms with E-state index >= 15 is 0 Å². The summed E-state index contributed by atoms with van der Waals surface area (Å²) in [5.41, 5.74) is -0.821. The van der Waals surface area contributed by atoms with Gasteiger partial charge in [-0.1, -0.05) is 30.5 Å². The lowest BCUT2D eigenvalue weighted by atomic mass is 9.49. The third-order valence-corrected chi connectivity index (χ3v) is 5.18. The Morgan fingerprint density at radius 1 is 1.26 bits per heavy atom. The van der Waals surface area contributed by atoms with Crippen LogP contribution in [0.1, 0.15) is 44.1 Å². The Bertz CT molecular complexity index is 507. The second-order valence-corrected chi connectivity index (χ2v) is 6.45. The minimum atomic E-state index is -1.12. The van der Waals surface area contributed by atoms with E-state index in [1.54, 1.807) is 6.07 Å². The van der Waals surface area contributed by atoms with Gasteiger partial charge in [0.25, 0.3) is 0 Å². The number of hydrogen-bond acceptors (Lipinski definition) is 1. The van der Waals surface area contributed by atoms with Gasteiger partial charge in [0.1, 0.15) is 5.82 Å². The zero-order valence-electron chi connectivity index (χ0n) is 10.6. The quantitative estimate of drug-likeness (QED) is 0.884. The van der Waals surface area contributed by atoms with Gasteiger partial charge in [-0.2, -0.15) is 0 Å². The third kappa shape index (κ3) is 1.78. The van der Waals surface area contributed by atoms with E-state index in [1.807, 2.05) is 0 Å². The van der Waals surface area contributed by atoms with Gasteiger partial charge in [0.05, 0.1) is 5.41 Å². The van der Waals surface area contributed by atoms with Crippen molar-refractivity contribution in [3.63, 3.8) is 0 Å². The van der Waals surface area contributed by atoms with Gasteiger partial charge < -0.3 is 5.11 Å². The van der Waals surface area contributed by atoms with E-state index < -0.39 is 17.2 Å². The van der Waals surface area contributed by atoms with Crippen LogP contribution in [0.2, 0.25) is 5.02 Å². The van der Waals surface area contributed by atoms with Crippen molar-refractivity contribution in [3.8, 4) is 0 Å². The first-order valence-electron chi connectivity index (χ1n) is 6.67. The molecule has 2 aliphatic carbocycles. The number of carbonyl (C=O) groups is 1. The fourth-order valence-corrected chi connectivity index (χ4v) is 4.44. The van der Waals surface area contributed by atoms with Crippen molar-refractivity contribution in [3.05, 3.63) is 34.6 Å². The minimum absolute atomic E-state index is 0.115. The van der Waals surface area contributed by atoms with Crippen molar-refractivity contribution in [2.75, 3.05) is 0 Å². The Balaban J connectivity index is 2.02. The van der Waals surface area contributed by atoms with Gasteiger partial charge in [-0.3, -0.25) is 4.79 Å². The molecular weight excluding hydrogens is 267 g/mol. The van der Waals surface area contributed by atoms with Crippen LogP contribution in [0.3, 0.4) is 0 Å². The SMILES string of the molecule is O=C(O)C1(c2c(F)cccc2Cl)CC2(CCCC2)C1. The Hall–Kier alpha value is -1.09. The molecule has 4 heteroatoms. The highest BCUT2D eigenvalue weighted by atomic mass is 35.5. The van der Waals surface area contributed by atoms with Crippen LogP contribution in [-0.4, -0.2) is 11.1 Å². The molecule has 2 saturated carbocycles. The van der Waals surface area contributed by atoms with Crippen LogP contribution in [0.25, 0.3) is 0 Å². The van der Waals surface area contributed by atoms with E-state index in [1.165, 1.54) is 12.1 Å². The number of halogens is 2. The molecule has 0 radical (unpaired) electrons. The van der Waals surface area contributed by atoms with Crippen molar-refractivity contribution < 1.29 is 14.3 Å². The first-order valence-corrected chi connectivity index (χ1v) is 7.05. The second kappa shape index (κ2) is 4.20. The summed E-state index contributed by atoms with van der Waals surface area (Å²) in [6, 6.07) is 4.39. The van der Waals surface area contributed by atoms with E-state index in [0.29, 0.717) is 12.8 Å². The fourth-order valence-electron chi connectivity index (χ4n) is 4.10. The maximum atomic E-state index is 14.1. The Labute approximate surface area is 116 Å². The number of aliphatic carboxylic acids is 1. The molecule has 0 aromatic heterocycles. The number of hydrogen-bond donors (Lipinski definition) is 1. The van der Waals surface area contributed by atoms with E-state index in [-0.39, 0.29) is 16.0 Å². The molecule has 1 aromatic rings. The van der Waals surface area contributed by atoms with Crippen LogP contribution in [0.5, 0.6) is 0 Å². The molecule has 0 aliphatic heterocycles. The monoisotopic (exact) mass is 282 g/mol. The molecule has 0 atom stereocenters. The topological polar surface area (TPSA) is 37.3 Å². The van der Waals surface area contributed by atoms with Gasteiger partial charge in [0, 0.05) is 10.6 Å². The number of carboxylic acids is 1. The van der Waals surface area contributed by atoms with Gasteiger partial charge in [-0.05, 0) is 43.2 Å². The van der Waals surface area contributed by atoms with Crippen molar-refractivity contribution in [1.82, 2.24) is 0 Å². The zero-order valence-corrected chi connectivity index (χ0v) is 11.3. The largest absolute Gasteiger partial charge is 0.481 e. The molecule has 2 aliphatic rings. The van der Waals surface area contributed by atoms with Crippen molar-refractivity contribution in [2.45, 2.75) is 43.9 Å². The lowest BCUT2D eigenvalue weighted by Gasteiger charge is -2.53. The summed E-state index contributed by atoms with van der Waals surface area (Å²) in [6.07, 6.45) is 5.48. The van der Waals surface area contributed by atoms with Gasteiger partial charge in [-0.15, -0.1) is 0 Å². The maximum absolute atomic E-state index is 14.1. The smallest absolute Gasteiger partial charge is 0.314 e. The molecule has 2 fully saturated rings. The van der Waals surface area contributed by atoms with Gasteiger partial charge >= 0.3 is 5.97 Å². The van der Waals surface area contributed by atoms with Crippen LogP contribution in [0.15, 0.2) is 18.2 Å². The average Bonchev–Trinajstić information content (AvgIpc) is 2.76. The first-order chi connectivity index (χ1) is 8.99. The molecule has 0 unspecified atom stereocenters. The minimum Gasteiger partial charge on any atom is -0.481 e. The first kappa shape index (κ1) is 12.9. The molecule has 1 N–H and O–H groups in total. The van der Waals surface area contributed by atoms with Crippen molar-refractivity contribution in [2.24, 2.45) is 5.41 Å². The fraction of sp³-hybridized carbons (Fsp3) is 0.533. The predicted molar refractivity (Wildman–Crippen MR) is 70.9 cm³/mol. The van der Waals surface area contributed by atoms with Gasteiger partial charge in [-0.25, -0.2) is 4.39 Å². The summed E-state index contributed by atoms with van der Waals surface area (Å²) in [7, 11) is 0. The molecule has 0 bridgehead atoms. The van der Waals surface area contributed by atoms with Crippen LogP contribution in [0.4, 0.5) is 4.39 Å². The van der Waals surface area contributed by atoms with E-state index in [4.69, 9.17) is 11.6 Å². The van der Waals surface area contributed by atoms with Gasteiger partial charge in [0.15, 0.2) is 0 Å². The normalized spacial score (nSPS) is 23.3. The predicted octanol–water partition coefficient (Wildman–Crippen LogP) is 4.16. The summed E-state index contributed by atoms with van der Waals surface area (Å²) in [4.78, 5) is 11.7. The summed E-state index contributed by atoms with van der Waals surface area (Å²) < 4.78 is 14.1. The summed E-state index contributed by atoms with van der Waals surface area (Å²) in [6.45, 7) is 0. The van der Waals surface area contributed by atoms with Crippen LogP contribution < -0.4 is 0 Å². The molecule has 1 aromatic carbocycles. The molecule has 1 spiro atoms. The zero-order chi connectivity index (χ0) is 13.7. The van der Waals surface area contributed by atoms with Crippen LogP contribution in [0, 0.1) is 11.2 Å². The Morgan fingerprint density at radius 2 is 1.89 bits per heavy atom. The van der Waals surface area contributed by atoms with Gasteiger partial charge in [0.2, 0.25) is 0 Å². The molecular formula is C15H16ClFO2. The summed E-state index contributed by atoms with van der Waals surface area (Å²) in [5.74, 6) is -1.44. The number of carboxylic acid groups (broad SMARTS) is 1. The highest BCUT2D eigenvalue weighted by Crippen LogP contribution is 2.64. The van der Waals surface area contributed by atoms with E-state index in [2.05, 4.69) is 0 Å². The maximum Gasteiger partial charge on any atom is 0.314 e. The van der Waals surface area contributed by atoms with E-state index in [9.17, 15) is 14.3 Å². The highest BCUT2D eigenvalue weighted by molar-refractivity contribution is 6.31. The second-order valence-electron chi connectivity index (χ2n) is 6.04. The molecule has 2 nitrogen and oxygen atoms in total. The van der Waals surface area contributed by atoms with Crippen molar-refractivity contribution >= 4 is 17.6 Å². The highest BCUT2D eigenvalue weighted by Gasteiger charge is 2.61. The third-order valence-electron chi connectivity index (χ3n) is 4.87. The molecule has 19 heavy (non-hydrogen) atoms. The standard InChI is InChI=1S/C15H16ClFO2/c16-10-4-3-5-11(17)12(10)15(13(18)19)8-14(9-15)6-1-2-7-14/h3-5H,1-2,6-9H2,(H,18,19). The number of rotatable bonds is 2. The van der Waals surface area contributed by atoms with Crippen molar-refractivity contribution in [1.29, 1.82) is 0 Å². The molecule has 3 rings (SSSR count). The molecule has 102 valence electrons. The van der Waals surface area contributed by atoms with E-state index in [0.717, 1.165) is 25.7 Å². The summed E-state index contributed by atoms with van der Waals surface area (Å²) in [5, 5.41) is 9.84. The Morgan fingerprint density at radius 3 is 2.42 bits per heavy atom. The summed E-state index contributed by atoms with van der Waals surface area (Å²) >= 11 is 6.06. The molecule has 0 heterocycles. The Kier molecular flexibility index (Phi) is 2.86. The molecule has 0 saturated heterocycles. The van der Waals surface area contributed by atoms with Crippen LogP contribution in [-0.2, 0) is 10.2 Å². The molecule has 0 amide bonds. The average molecular weight is 283 g/mol. The lowest BCUT2D eigenvalue weighted by molar-refractivity contribution is -0.154. The lowest BCUT2D eigenvalue weighted by Crippen LogP contribution is -2.54.